The first-order chi connectivity index (χ1) is 56.3. The molecule has 21 nitrogen and oxygen atoms in total. The summed E-state index contributed by atoms with van der Waals surface area (Å²) in [6, 6.07) is 52.2. The Labute approximate surface area is 690 Å². The Morgan fingerprint density at radius 3 is 1.50 bits per heavy atom. The zero-order valence-electron chi connectivity index (χ0n) is 68.7. The van der Waals surface area contributed by atoms with Crippen LogP contribution in [0.2, 0.25) is 5.02 Å². The molecule has 15 rings (SSSR count). The van der Waals surface area contributed by atoms with Gasteiger partial charge in [-0.1, -0.05) is 84.4 Å². The molecule has 22 heteroatoms. The van der Waals surface area contributed by atoms with Crippen molar-refractivity contribution < 1.29 is 29.7 Å². The fraction of sp³-hybridized carbons (Fsp3) is 0.426. The minimum atomic E-state index is -0.202. The average molecular weight is 1590 g/mol. The number of benzene rings is 5. The summed E-state index contributed by atoms with van der Waals surface area (Å²) in [4.78, 5) is 78.8. The number of halogens is 1. The van der Waals surface area contributed by atoms with Crippen molar-refractivity contribution in [1.82, 2.24) is 34.6 Å². The predicted octanol–water partition coefficient (Wildman–Crippen LogP) is 13.6. The Morgan fingerprint density at radius 2 is 0.948 bits per heavy atom. The van der Waals surface area contributed by atoms with Crippen LogP contribution in [0.5, 0.6) is 0 Å². The maximum Gasteiger partial charge on any atom is 0.255 e. The number of nitriles is 1. The number of aryl methyl sites for hydroxylation is 6. The smallest absolute Gasteiger partial charge is 0.255 e. The quantitative estimate of drug-likeness (QED) is 0.0626. The summed E-state index contributed by atoms with van der Waals surface area (Å²) < 4.78 is 0. The normalized spacial score (nSPS) is 18.4. The highest BCUT2D eigenvalue weighted by atomic mass is 35.5. The molecule has 10 heterocycles. The number of para-hydroxylation sites is 3. The number of aliphatic hydroxyl groups is 3. The van der Waals surface area contributed by atoms with E-state index in [1.54, 1.807) is 12.4 Å². The average Bonchev–Trinajstić information content (AvgIpc) is 0.778. The van der Waals surface area contributed by atoms with Crippen LogP contribution in [0.25, 0.3) is 0 Å². The largest absolute Gasteiger partial charge is 0.394 e. The lowest BCUT2D eigenvalue weighted by Gasteiger charge is -2.42. The van der Waals surface area contributed by atoms with Crippen molar-refractivity contribution in [2.45, 2.75) is 131 Å². The Balaban J connectivity index is 0.000000151. The molecule has 116 heavy (non-hydrogen) atoms. The molecule has 608 valence electrons. The maximum atomic E-state index is 13.9. The Kier molecular flexibility index (Phi) is 27.9. The van der Waals surface area contributed by atoms with Gasteiger partial charge in [-0.25, -0.2) is 15.0 Å². The van der Waals surface area contributed by atoms with Gasteiger partial charge in [-0.15, -0.1) is 0 Å². The number of hydrogen-bond acceptors (Lipinski definition) is 18. The lowest BCUT2D eigenvalue weighted by Crippen LogP contribution is -2.56. The number of aliphatic hydroxyl groups excluding tert-OH is 3. The van der Waals surface area contributed by atoms with Gasteiger partial charge in [0.05, 0.1) is 65.5 Å². The van der Waals surface area contributed by atoms with Gasteiger partial charge < -0.3 is 64.7 Å². The topological polar surface area (TPSA) is 228 Å². The molecule has 3 atom stereocenters. The van der Waals surface area contributed by atoms with E-state index in [9.17, 15) is 35.0 Å². The summed E-state index contributed by atoms with van der Waals surface area (Å²) in [5.74, 6) is 3.95. The number of piperazine rings is 3. The monoisotopic (exact) mass is 1580 g/mol. The third-order valence-electron chi connectivity index (χ3n) is 24.8. The number of piperidine rings is 3. The van der Waals surface area contributed by atoms with E-state index in [-0.39, 0.29) is 55.7 Å². The third kappa shape index (κ3) is 19.4. The summed E-state index contributed by atoms with van der Waals surface area (Å²) in [6.45, 7) is 27.4. The lowest BCUT2D eigenvalue weighted by atomic mass is 9.84. The molecule has 6 saturated heterocycles. The molecule has 3 amide bonds. The van der Waals surface area contributed by atoms with Crippen LogP contribution in [-0.4, -0.2) is 210 Å². The molecule has 4 aromatic heterocycles. The van der Waals surface area contributed by atoms with Gasteiger partial charge in [0, 0.05) is 157 Å². The molecule has 0 spiro atoms. The summed E-state index contributed by atoms with van der Waals surface area (Å²) in [6.07, 6.45) is 13.5. The van der Waals surface area contributed by atoms with Crippen molar-refractivity contribution in [3.8, 4) is 6.07 Å². The Morgan fingerprint density at radius 1 is 0.466 bits per heavy atom. The van der Waals surface area contributed by atoms with Crippen LogP contribution in [0.3, 0.4) is 0 Å². The van der Waals surface area contributed by atoms with Crippen LogP contribution in [0, 0.1) is 78.6 Å². The van der Waals surface area contributed by atoms with Crippen molar-refractivity contribution >= 4 is 69.5 Å². The number of nitrogens with zero attached hydrogens (tertiary/aromatic N) is 14. The summed E-state index contributed by atoms with van der Waals surface area (Å²) in [7, 11) is 0. The van der Waals surface area contributed by atoms with Gasteiger partial charge in [0.15, 0.2) is 0 Å². The summed E-state index contributed by atoms with van der Waals surface area (Å²) in [5.41, 5.74) is 18.0. The molecular weight excluding hydrogens is 1470 g/mol. The molecular formula is C94H114ClN15O6. The first kappa shape index (κ1) is 83.3. The van der Waals surface area contributed by atoms with Gasteiger partial charge in [0.1, 0.15) is 23.5 Å². The van der Waals surface area contributed by atoms with Crippen LogP contribution in [-0.2, 0) is 12.8 Å². The first-order valence-electron chi connectivity index (χ1n) is 41.5. The Bertz CT molecular complexity index is 4860. The Hall–Kier alpha value is -10.6. The van der Waals surface area contributed by atoms with Crippen LogP contribution < -0.4 is 34.7 Å². The van der Waals surface area contributed by atoms with E-state index in [1.165, 1.54) is 11.1 Å². The SMILES string of the molecule is Cc1cc(C)c(C(=O)N2CCN(c3ccccc3)[C@H](CO)C2)c(C)c1CC1CCN(c2ccccn2)CC1.Cc1cc(C)c(C(=O)N2CCN(c3ccccc3)[C@H](CO)C2)c(C)c1NC1CCN(c2ncccc2Cl)CC1.Cc1nc(C)c(C(=O)N2CCN(c3ccccn3)[C@H](CO)C2)cc1CC1CCN(c2ccccc2C#N)CC1. The van der Waals surface area contributed by atoms with Crippen LogP contribution >= 0.6 is 11.6 Å². The molecule has 0 saturated carbocycles. The summed E-state index contributed by atoms with van der Waals surface area (Å²) >= 11 is 6.38. The summed E-state index contributed by atoms with van der Waals surface area (Å²) in [5, 5.41) is 44.4. The second kappa shape index (κ2) is 38.9. The molecule has 0 bridgehead atoms. The standard InChI is InChI=1S/C32H40N4O2.C31H38ClN5O2.C31H36N6O2/c1-23-19-24(2)31(32(38)35-17-18-36(28(21-35)22-37)27-9-5-4-6-10-27)25(3)29(23)20-26-12-15-34(16-13-26)30-11-7-8-14-33-30;1-21-18-22(2)29(34-24-11-14-35(15-12-24)30-27(32)10-7-13-33-30)23(3)28(21)31(39)36-16-17-37(26(19-36)20-38)25-8-5-4-6-9-25;1-22-26(17-24-10-13-35(14-11-24)29-8-4-3-7-25(29)19-32)18-28(23(2)34-22)31(39)36-15-16-37(27(20-36)21-38)30-9-5-6-12-33-30/h4-11,14,19,26,28,37H,12-13,15-18,20-22H2,1-3H3;4-10,13,18,24,26,34,38H,11-12,14-17,19-20H2,1-3H3;3-9,12,18,24,27,38H,10-11,13-17,20-21H2,1-2H3/t28-;26-;27-/m000/s1. The van der Waals surface area contributed by atoms with E-state index in [1.807, 2.05) is 139 Å². The van der Waals surface area contributed by atoms with Gasteiger partial charge in [-0.05, 0) is 242 Å². The molecule has 6 aliphatic heterocycles. The molecule has 6 aliphatic rings. The number of pyridine rings is 4. The maximum absolute atomic E-state index is 13.9. The zero-order valence-corrected chi connectivity index (χ0v) is 69.5. The minimum absolute atomic E-state index is 0.000245. The van der Waals surface area contributed by atoms with Gasteiger partial charge in [0.25, 0.3) is 17.7 Å². The third-order valence-corrected chi connectivity index (χ3v) is 25.1. The van der Waals surface area contributed by atoms with E-state index < -0.39 is 0 Å². The van der Waals surface area contributed by atoms with Crippen molar-refractivity contribution in [1.29, 1.82) is 5.26 Å². The van der Waals surface area contributed by atoms with Crippen LogP contribution in [0.1, 0.15) is 131 Å². The van der Waals surface area contributed by atoms with E-state index in [2.05, 4.69) is 145 Å². The first-order valence-corrected chi connectivity index (χ1v) is 41.9. The van der Waals surface area contributed by atoms with E-state index in [0.29, 0.717) is 87.4 Å². The number of rotatable bonds is 18. The highest BCUT2D eigenvalue weighted by Gasteiger charge is 2.37. The number of aromatic nitrogens is 4. The number of carbonyl (C=O) groups is 3. The minimum Gasteiger partial charge on any atom is -0.394 e. The van der Waals surface area contributed by atoms with Gasteiger partial charge in [-0.3, -0.25) is 19.4 Å². The lowest BCUT2D eigenvalue weighted by molar-refractivity contribution is 0.0689. The van der Waals surface area contributed by atoms with Gasteiger partial charge in [0.2, 0.25) is 0 Å². The molecule has 0 aliphatic carbocycles. The number of amides is 3. The number of hydrogen-bond donors (Lipinski definition) is 4. The van der Waals surface area contributed by atoms with Crippen LogP contribution in [0.4, 0.5) is 40.2 Å². The van der Waals surface area contributed by atoms with Crippen molar-refractivity contribution in [2.24, 2.45) is 11.8 Å². The number of nitrogens with one attached hydrogen (secondary N) is 1. The fourth-order valence-corrected chi connectivity index (χ4v) is 18.6. The van der Waals surface area contributed by atoms with E-state index >= 15 is 0 Å². The number of carbonyl (C=O) groups excluding carboxylic acids is 3. The number of anilines is 7. The molecule has 4 N–H and O–H groups in total. The highest BCUT2D eigenvalue weighted by molar-refractivity contribution is 6.32. The van der Waals surface area contributed by atoms with Crippen LogP contribution in [0.15, 0.2) is 170 Å². The van der Waals surface area contributed by atoms with Crippen molar-refractivity contribution in [2.75, 3.05) is 153 Å². The molecule has 5 aromatic carbocycles. The molecule has 0 radical (unpaired) electrons. The predicted molar refractivity (Wildman–Crippen MR) is 465 cm³/mol. The highest BCUT2D eigenvalue weighted by Crippen LogP contribution is 2.37. The second-order valence-electron chi connectivity index (χ2n) is 32.2. The van der Waals surface area contributed by atoms with Crippen molar-refractivity contribution in [3.05, 3.63) is 253 Å². The molecule has 6 fully saturated rings. The van der Waals surface area contributed by atoms with Crippen molar-refractivity contribution in [3.63, 3.8) is 0 Å². The van der Waals surface area contributed by atoms with Gasteiger partial charge >= 0.3 is 0 Å². The molecule has 9 aromatic rings. The second-order valence-corrected chi connectivity index (χ2v) is 32.6. The fourth-order valence-electron chi connectivity index (χ4n) is 18.4. The zero-order chi connectivity index (χ0) is 81.5. The van der Waals surface area contributed by atoms with Gasteiger partial charge in [-0.2, -0.15) is 5.26 Å². The molecule has 0 unspecified atom stereocenters. The van der Waals surface area contributed by atoms with E-state index in [4.69, 9.17) is 16.6 Å². The van der Waals surface area contributed by atoms with E-state index in [0.717, 1.165) is 192 Å².